The Morgan fingerprint density at radius 3 is 1.12 bits per heavy atom. The number of nitrogens with zero attached hydrogens (tertiary/aromatic N) is 2. The van der Waals surface area contributed by atoms with Crippen LogP contribution in [0.2, 0.25) is 0 Å². The summed E-state index contributed by atoms with van der Waals surface area (Å²) in [5.74, 6) is 0. The number of hydrogen-bond donors (Lipinski definition) is 0. The maximum atomic E-state index is 6.41. The maximum absolute atomic E-state index is 6.41. The van der Waals surface area contributed by atoms with Crippen LogP contribution in [-0.4, -0.2) is 47.8 Å². The summed E-state index contributed by atoms with van der Waals surface area (Å²) in [6.07, 6.45) is 2.09. The smallest absolute Gasteiger partial charge is 0.0630 e. The standard InChI is InChI=1S/C10H24Cl2N2P2/c1-5-13(6-2)15(11)9-10-16(12)14(7-3)8-4/h5-10H2,1-4H3. The molecule has 0 aromatic carbocycles. The summed E-state index contributed by atoms with van der Waals surface area (Å²) in [5, 5.41) is 0. The van der Waals surface area contributed by atoms with E-state index >= 15 is 0 Å². The first-order valence-corrected chi connectivity index (χ1v) is 10.7. The lowest BCUT2D eigenvalue weighted by atomic mass is 10.7. The quantitative estimate of drug-likeness (QED) is 0.566. The van der Waals surface area contributed by atoms with Crippen molar-refractivity contribution in [3.63, 3.8) is 0 Å². The van der Waals surface area contributed by atoms with E-state index in [2.05, 4.69) is 37.0 Å². The van der Waals surface area contributed by atoms with Crippen molar-refractivity contribution >= 4 is 37.3 Å². The molecule has 0 fully saturated rings. The maximum Gasteiger partial charge on any atom is 0.0630 e. The molecule has 0 aliphatic heterocycles. The second-order valence-corrected chi connectivity index (χ2v) is 9.11. The number of halogens is 2. The Labute approximate surface area is 113 Å². The van der Waals surface area contributed by atoms with Crippen LogP contribution < -0.4 is 0 Å². The summed E-state index contributed by atoms with van der Waals surface area (Å²) in [7, 11) is -1.00. The highest BCUT2D eigenvalue weighted by molar-refractivity contribution is 7.85. The van der Waals surface area contributed by atoms with E-state index in [-0.39, 0.29) is 0 Å². The first-order chi connectivity index (χ1) is 7.60. The van der Waals surface area contributed by atoms with Gasteiger partial charge in [-0.3, -0.25) is 9.34 Å². The fraction of sp³-hybridized carbons (Fsp3) is 1.00. The van der Waals surface area contributed by atoms with E-state index in [0.29, 0.717) is 0 Å². The minimum atomic E-state index is -0.501. The average molecular weight is 305 g/mol. The van der Waals surface area contributed by atoms with Gasteiger partial charge in [-0.2, -0.15) is 0 Å². The molecule has 98 valence electrons. The third kappa shape index (κ3) is 6.34. The number of rotatable bonds is 9. The zero-order valence-corrected chi connectivity index (χ0v) is 14.1. The molecule has 0 aromatic rings. The molecule has 0 aromatic heterocycles. The summed E-state index contributed by atoms with van der Waals surface area (Å²) in [6, 6.07) is 0. The van der Waals surface area contributed by atoms with Crippen LogP contribution in [0.5, 0.6) is 0 Å². The monoisotopic (exact) mass is 304 g/mol. The zero-order valence-electron chi connectivity index (χ0n) is 10.8. The highest BCUT2D eigenvalue weighted by Crippen LogP contribution is 2.52. The SMILES string of the molecule is CCN(CC)P(Cl)CCP(Cl)N(CC)CC. The lowest BCUT2D eigenvalue weighted by Gasteiger charge is -2.27. The van der Waals surface area contributed by atoms with Gasteiger partial charge in [0, 0.05) is 38.5 Å². The van der Waals surface area contributed by atoms with Crippen molar-refractivity contribution in [2.75, 3.05) is 38.5 Å². The molecular formula is C10H24Cl2N2P2. The van der Waals surface area contributed by atoms with Gasteiger partial charge < -0.3 is 0 Å². The van der Waals surface area contributed by atoms with Gasteiger partial charge in [-0.05, 0) is 0 Å². The molecular weight excluding hydrogens is 281 g/mol. The van der Waals surface area contributed by atoms with Gasteiger partial charge in [-0.25, -0.2) is 0 Å². The van der Waals surface area contributed by atoms with E-state index in [4.69, 9.17) is 22.5 Å². The molecule has 0 saturated heterocycles. The van der Waals surface area contributed by atoms with Crippen molar-refractivity contribution in [1.29, 1.82) is 0 Å². The third-order valence-corrected chi connectivity index (χ3v) is 8.74. The molecule has 2 nitrogen and oxygen atoms in total. The van der Waals surface area contributed by atoms with Crippen molar-refractivity contribution in [2.24, 2.45) is 0 Å². The predicted octanol–water partition coefficient (Wildman–Crippen LogP) is 4.77. The lowest BCUT2D eigenvalue weighted by molar-refractivity contribution is 0.509. The van der Waals surface area contributed by atoms with E-state index in [0.717, 1.165) is 38.5 Å². The van der Waals surface area contributed by atoms with Gasteiger partial charge in [0.1, 0.15) is 0 Å². The van der Waals surface area contributed by atoms with Crippen molar-refractivity contribution in [1.82, 2.24) is 9.34 Å². The second-order valence-electron chi connectivity index (χ2n) is 3.40. The van der Waals surface area contributed by atoms with Crippen LogP contribution in [0.15, 0.2) is 0 Å². The lowest BCUT2D eigenvalue weighted by Crippen LogP contribution is -2.19. The molecule has 2 unspecified atom stereocenters. The molecule has 0 bridgehead atoms. The normalized spacial score (nSPS) is 15.8. The molecule has 0 saturated carbocycles. The Balaban J connectivity index is 3.93. The van der Waals surface area contributed by atoms with Crippen molar-refractivity contribution in [2.45, 2.75) is 27.7 Å². The summed E-state index contributed by atoms with van der Waals surface area (Å²) >= 11 is 12.8. The first-order valence-electron chi connectivity index (χ1n) is 5.96. The highest BCUT2D eigenvalue weighted by atomic mass is 35.7. The summed E-state index contributed by atoms with van der Waals surface area (Å²) in [6.45, 7) is 12.8. The van der Waals surface area contributed by atoms with Crippen LogP contribution in [-0.2, 0) is 0 Å². The van der Waals surface area contributed by atoms with Crippen molar-refractivity contribution in [3.05, 3.63) is 0 Å². The zero-order chi connectivity index (χ0) is 12.6. The fourth-order valence-electron chi connectivity index (χ4n) is 1.51. The van der Waals surface area contributed by atoms with Gasteiger partial charge in [0.15, 0.2) is 0 Å². The number of hydrogen-bond acceptors (Lipinski definition) is 2. The second kappa shape index (κ2) is 10.3. The predicted molar refractivity (Wildman–Crippen MR) is 81.1 cm³/mol. The van der Waals surface area contributed by atoms with Gasteiger partial charge >= 0.3 is 0 Å². The molecule has 0 spiro atoms. The third-order valence-electron chi connectivity index (χ3n) is 2.54. The van der Waals surface area contributed by atoms with E-state index in [1.165, 1.54) is 0 Å². The van der Waals surface area contributed by atoms with Gasteiger partial charge in [-0.1, -0.05) is 50.2 Å². The topological polar surface area (TPSA) is 6.48 Å². The molecule has 0 aliphatic rings. The van der Waals surface area contributed by atoms with Crippen LogP contribution in [0, 0.1) is 0 Å². The van der Waals surface area contributed by atoms with Crippen LogP contribution in [0.25, 0.3) is 0 Å². The van der Waals surface area contributed by atoms with Gasteiger partial charge in [-0.15, -0.1) is 0 Å². The largest absolute Gasteiger partial charge is 0.270 e. The van der Waals surface area contributed by atoms with Crippen molar-refractivity contribution < 1.29 is 0 Å². The van der Waals surface area contributed by atoms with E-state index < -0.39 is 14.9 Å². The van der Waals surface area contributed by atoms with E-state index in [1.54, 1.807) is 0 Å². The van der Waals surface area contributed by atoms with Gasteiger partial charge in [0.2, 0.25) is 0 Å². The molecule has 16 heavy (non-hydrogen) atoms. The van der Waals surface area contributed by atoms with Crippen LogP contribution in [0.3, 0.4) is 0 Å². The Morgan fingerprint density at radius 1 is 0.688 bits per heavy atom. The molecule has 6 heteroatoms. The van der Waals surface area contributed by atoms with E-state index in [9.17, 15) is 0 Å². The molecule has 0 radical (unpaired) electrons. The molecule has 0 heterocycles. The molecule has 0 amide bonds. The Kier molecular flexibility index (Phi) is 11.2. The summed E-state index contributed by atoms with van der Waals surface area (Å²) in [4.78, 5) is 0. The molecule has 0 N–H and O–H groups in total. The molecule has 0 rings (SSSR count). The van der Waals surface area contributed by atoms with Crippen LogP contribution in [0.4, 0.5) is 0 Å². The minimum Gasteiger partial charge on any atom is -0.270 e. The molecule has 2 atom stereocenters. The van der Waals surface area contributed by atoms with Crippen LogP contribution >= 0.6 is 37.3 Å². The summed E-state index contributed by atoms with van der Waals surface area (Å²) < 4.78 is 4.67. The van der Waals surface area contributed by atoms with Gasteiger partial charge in [0.25, 0.3) is 0 Å². The first kappa shape index (κ1) is 17.4. The van der Waals surface area contributed by atoms with Crippen LogP contribution in [0.1, 0.15) is 27.7 Å². The fourth-order valence-corrected chi connectivity index (χ4v) is 7.27. The van der Waals surface area contributed by atoms with Gasteiger partial charge in [0.05, 0.1) is 14.9 Å². The Bertz CT molecular complexity index is 149. The average Bonchev–Trinajstić information content (AvgIpc) is 2.29. The van der Waals surface area contributed by atoms with E-state index in [1.807, 2.05) is 0 Å². The Morgan fingerprint density at radius 2 is 0.938 bits per heavy atom. The summed E-state index contributed by atoms with van der Waals surface area (Å²) in [5.41, 5.74) is 0. The minimum absolute atomic E-state index is 0.501. The highest BCUT2D eigenvalue weighted by Gasteiger charge is 2.17. The van der Waals surface area contributed by atoms with Crippen molar-refractivity contribution in [3.8, 4) is 0 Å². The molecule has 0 aliphatic carbocycles. The Hall–Kier alpha value is 1.36.